The van der Waals surface area contributed by atoms with Crippen LogP contribution in [-0.2, 0) is 0 Å². The zero-order valence-corrected chi connectivity index (χ0v) is 13.7. The second-order valence-electron chi connectivity index (χ2n) is 6.27. The third-order valence-corrected chi connectivity index (χ3v) is 4.40. The van der Waals surface area contributed by atoms with E-state index in [1.165, 1.54) is 29.9 Å². The molecule has 2 heterocycles. The summed E-state index contributed by atoms with van der Waals surface area (Å²) in [5, 5.41) is 23.8. The monoisotopic (exact) mass is 330 g/mol. The molecule has 24 heavy (non-hydrogen) atoms. The molecule has 1 atom stereocenters. The molecular formula is C16H22N6O2. The average Bonchev–Trinajstić information content (AvgIpc) is 3.09. The van der Waals surface area contributed by atoms with Gasteiger partial charge in [0.1, 0.15) is 12.1 Å². The highest BCUT2D eigenvalue weighted by molar-refractivity contribution is 5.97. The molecule has 8 nitrogen and oxygen atoms in total. The van der Waals surface area contributed by atoms with Crippen molar-refractivity contribution in [2.45, 2.75) is 19.3 Å². The molecule has 1 aromatic heterocycles. The number of phenolic OH excluding ortho intramolecular Hbond substituents is 1. The first-order chi connectivity index (χ1) is 11.6. The van der Waals surface area contributed by atoms with Gasteiger partial charge in [0.05, 0.1) is 11.3 Å². The van der Waals surface area contributed by atoms with Crippen molar-refractivity contribution in [3.8, 4) is 11.4 Å². The van der Waals surface area contributed by atoms with Crippen molar-refractivity contribution in [3.63, 3.8) is 0 Å². The van der Waals surface area contributed by atoms with Gasteiger partial charge in [-0.3, -0.25) is 4.79 Å². The standard InChI is InChI=1S/C16H22N6O2/c1-21-8-2-3-12(10-21)6-7-17-16(24)14-5-4-13(9-15(14)23)22-11-18-19-20-22/h4-5,9,11-12,23H,2-3,6-8,10H2,1H3,(H,17,24)/t12-/m1/s1. The topological polar surface area (TPSA) is 96.2 Å². The Morgan fingerprint density at radius 3 is 3.04 bits per heavy atom. The Kier molecular flexibility index (Phi) is 5.05. The van der Waals surface area contributed by atoms with Crippen LogP contribution in [0.25, 0.3) is 5.69 Å². The van der Waals surface area contributed by atoms with Gasteiger partial charge in [0.15, 0.2) is 0 Å². The summed E-state index contributed by atoms with van der Waals surface area (Å²) in [6.45, 7) is 2.86. The lowest BCUT2D eigenvalue weighted by Crippen LogP contribution is -2.34. The molecule has 0 aliphatic carbocycles. The first-order valence-corrected chi connectivity index (χ1v) is 8.16. The van der Waals surface area contributed by atoms with Gasteiger partial charge in [-0.2, -0.15) is 0 Å². The fourth-order valence-corrected chi connectivity index (χ4v) is 3.13. The highest BCUT2D eigenvalue weighted by Crippen LogP contribution is 2.21. The number of carbonyl (C=O) groups is 1. The average molecular weight is 330 g/mol. The van der Waals surface area contributed by atoms with Gasteiger partial charge in [-0.1, -0.05) is 0 Å². The number of phenols is 1. The van der Waals surface area contributed by atoms with Crippen LogP contribution < -0.4 is 5.32 Å². The van der Waals surface area contributed by atoms with Crippen molar-refractivity contribution in [2.75, 3.05) is 26.7 Å². The SMILES string of the molecule is CN1CCC[C@H](CCNC(=O)c2ccc(-n3cnnn3)cc2O)C1. The number of tetrazole rings is 1. The predicted molar refractivity (Wildman–Crippen MR) is 88.0 cm³/mol. The van der Waals surface area contributed by atoms with Gasteiger partial charge in [-0.15, -0.1) is 5.10 Å². The van der Waals surface area contributed by atoms with E-state index in [-0.39, 0.29) is 17.2 Å². The molecule has 128 valence electrons. The molecule has 1 aliphatic heterocycles. The van der Waals surface area contributed by atoms with Crippen molar-refractivity contribution >= 4 is 5.91 Å². The van der Waals surface area contributed by atoms with Crippen LogP contribution in [0.3, 0.4) is 0 Å². The molecule has 0 bridgehead atoms. The van der Waals surface area contributed by atoms with E-state index >= 15 is 0 Å². The molecule has 0 spiro atoms. The van der Waals surface area contributed by atoms with E-state index < -0.39 is 0 Å². The Labute approximate surface area is 140 Å². The van der Waals surface area contributed by atoms with E-state index in [1.807, 2.05) is 0 Å². The summed E-state index contributed by atoms with van der Waals surface area (Å²) < 4.78 is 1.42. The molecule has 1 fully saturated rings. The number of benzene rings is 1. The molecule has 2 N–H and O–H groups in total. The van der Waals surface area contributed by atoms with E-state index in [4.69, 9.17) is 0 Å². The summed E-state index contributed by atoms with van der Waals surface area (Å²) in [4.78, 5) is 14.6. The van der Waals surface area contributed by atoms with Crippen LogP contribution in [0, 0.1) is 5.92 Å². The normalized spacial score (nSPS) is 18.5. The molecule has 1 aliphatic rings. The molecular weight excluding hydrogens is 308 g/mol. The minimum absolute atomic E-state index is 0.0853. The molecule has 8 heteroatoms. The number of amides is 1. The molecule has 2 aromatic rings. The minimum Gasteiger partial charge on any atom is -0.507 e. The molecule has 1 saturated heterocycles. The van der Waals surface area contributed by atoms with Crippen LogP contribution in [0.2, 0.25) is 0 Å². The second-order valence-corrected chi connectivity index (χ2v) is 6.27. The highest BCUT2D eigenvalue weighted by atomic mass is 16.3. The van der Waals surface area contributed by atoms with E-state index in [0.29, 0.717) is 18.2 Å². The van der Waals surface area contributed by atoms with E-state index in [9.17, 15) is 9.90 Å². The number of nitrogens with one attached hydrogen (secondary N) is 1. The van der Waals surface area contributed by atoms with Crippen molar-refractivity contribution < 1.29 is 9.90 Å². The first-order valence-electron chi connectivity index (χ1n) is 8.16. The minimum atomic E-state index is -0.264. The van der Waals surface area contributed by atoms with Crippen LogP contribution in [0.15, 0.2) is 24.5 Å². The number of likely N-dealkylation sites (tertiary alicyclic amines) is 1. The second kappa shape index (κ2) is 7.39. The molecule has 3 rings (SSSR count). The van der Waals surface area contributed by atoms with Crippen LogP contribution in [0.5, 0.6) is 5.75 Å². The summed E-state index contributed by atoms with van der Waals surface area (Å²) in [5.74, 6) is 0.276. The quantitative estimate of drug-likeness (QED) is 0.843. The van der Waals surface area contributed by atoms with Crippen LogP contribution in [-0.4, -0.2) is 62.8 Å². The van der Waals surface area contributed by atoms with Crippen molar-refractivity contribution in [3.05, 3.63) is 30.1 Å². The third kappa shape index (κ3) is 3.88. The predicted octanol–water partition coefficient (Wildman–Crippen LogP) is 0.830. The Hall–Kier alpha value is -2.48. The van der Waals surface area contributed by atoms with Crippen molar-refractivity contribution in [1.29, 1.82) is 0 Å². The number of nitrogens with zero attached hydrogens (tertiary/aromatic N) is 5. The Morgan fingerprint density at radius 2 is 2.33 bits per heavy atom. The van der Waals surface area contributed by atoms with E-state index in [0.717, 1.165) is 19.5 Å². The largest absolute Gasteiger partial charge is 0.507 e. The zero-order valence-electron chi connectivity index (χ0n) is 13.7. The maximum atomic E-state index is 12.2. The Morgan fingerprint density at radius 1 is 1.46 bits per heavy atom. The van der Waals surface area contributed by atoms with Gasteiger partial charge in [-0.25, -0.2) is 4.68 Å². The summed E-state index contributed by atoms with van der Waals surface area (Å²) in [5.41, 5.74) is 0.854. The third-order valence-electron chi connectivity index (χ3n) is 4.40. The molecule has 1 aromatic carbocycles. The van der Waals surface area contributed by atoms with E-state index in [2.05, 4.69) is 32.8 Å². The molecule has 0 saturated carbocycles. The highest BCUT2D eigenvalue weighted by Gasteiger charge is 2.18. The van der Waals surface area contributed by atoms with Gasteiger partial charge in [0.2, 0.25) is 0 Å². The number of aromatic hydroxyl groups is 1. The summed E-state index contributed by atoms with van der Waals surface area (Å²) in [6.07, 6.45) is 4.82. The number of hydrogen-bond acceptors (Lipinski definition) is 6. The summed E-state index contributed by atoms with van der Waals surface area (Å²) in [7, 11) is 2.13. The maximum absolute atomic E-state index is 12.2. The van der Waals surface area contributed by atoms with Crippen LogP contribution in [0.1, 0.15) is 29.6 Å². The first kappa shape index (κ1) is 16.4. The maximum Gasteiger partial charge on any atom is 0.255 e. The van der Waals surface area contributed by atoms with Gasteiger partial charge in [-0.05, 0) is 61.3 Å². The lowest BCUT2D eigenvalue weighted by Gasteiger charge is -2.29. The molecule has 0 unspecified atom stereocenters. The smallest absolute Gasteiger partial charge is 0.255 e. The van der Waals surface area contributed by atoms with Gasteiger partial charge < -0.3 is 15.3 Å². The van der Waals surface area contributed by atoms with Crippen LogP contribution >= 0.6 is 0 Å². The molecule has 1 amide bonds. The van der Waals surface area contributed by atoms with Crippen LogP contribution in [0.4, 0.5) is 0 Å². The van der Waals surface area contributed by atoms with Gasteiger partial charge in [0.25, 0.3) is 5.91 Å². The molecule has 0 radical (unpaired) electrons. The number of hydrogen-bond donors (Lipinski definition) is 2. The number of piperidine rings is 1. The Balaban J connectivity index is 1.55. The Bertz CT molecular complexity index is 688. The van der Waals surface area contributed by atoms with Gasteiger partial charge in [0, 0.05) is 19.2 Å². The summed E-state index contributed by atoms with van der Waals surface area (Å²) >= 11 is 0. The number of rotatable bonds is 5. The van der Waals surface area contributed by atoms with Gasteiger partial charge >= 0.3 is 0 Å². The summed E-state index contributed by atoms with van der Waals surface area (Å²) in [6, 6.07) is 4.75. The lowest BCUT2D eigenvalue weighted by molar-refractivity contribution is 0.0945. The zero-order chi connectivity index (χ0) is 16.9. The fraction of sp³-hybridized carbons (Fsp3) is 0.500. The number of aromatic nitrogens is 4. The fourth-order valence-electron chi connectivity index (χ4n) is 3.13. The number of carbonyl (C=O) groups excluding carboxylic acids is 1. The van der Waals surface area contributed by atoms with Crippen molar-refractivity contribution in [1.82, 2.24) is 30.4 Å². The van der Waals surface area contributed by atoms with Crippen molar-refractivity contribution in [2.24, 2.45) is 5.92 Å². The van der Waals surface area contributed by atoms with E-state index in [1.54, 1.807) is 12.1 Å². The lowest BCUT2D eigenvalue weighted by atomic mass is 9.95.